The molecule has 1 atom stereocenters. The third-order valence-electron chi connectivity index (χ3n) is 4.98. The van der Waals surface area contributed by atoms with Gasteiger partial charge in [-0.25, -0.2) is 24.3 Å². The molecule has 8 heteroatoms. The first kappa shape index (κ1) is 18.0. The highest BCUT2D eigenvalue weighted by molar-refractivity contribution is 6.16. The van der Waals surface area contributed by atoms with Crippen LogP contribution in [0.1, 0.15) is 12.5 Å². The fourth-order valence-corrected chi connectivity index (χ4v) is 3.57. The number of H-pyrrole nitrogens is 1. The summed E-state index contributed by atoms with van der Waals surface area (Å²) in [5.74, 6) is 1.02. The summed E-state index contributed by atoms with van der Waals surface area (Å²) in [6.07, 6.45) is 3.04. The van der Waals surface area contributed by atoms with Crippen molar-refractivity contribution in [2.45, 2.75) is 13.0 Å². The molecule has 0 saturated heterocycles. The number of hydrogen-bond donors (Lipinski definition) is 2. The molecule has 4 aromatic rings. The summed E-state index contributed by atoms with van der Waals surface area (Å²) in [4.78, 5) is 22.5. The zero-order valence-corrected chi connectivity index (χ0v) is 16.2. The molecule has 30 heavy (non-hydrogen) atoms. The van der Waals surface area contributed by atoms with Crippen LogP contribution < -0.4 is 10.2 Å². The van der Waals surface area contributed by atoms with E-state index >= 15 is 0 Å². The SMILES string of the molecule is C=C1c2cc(F)ccc2N=C([C@H](C)Nc2ncnc3nc[nH]c23)N1c1ccccc1. The largest absolute Gasteiger partial charge is 0.358 e. The average Bonchev–Trinajstić information content (AvgIpc) is 3.24. The first-order valence-corrected chi connectivity index (χ1v) is 9.45. The Hall–Kier alpha value is -4.07. The summed E-state index contributed by atoms with van der Waals surface area (Å²) in [5, 5.41) is 3.39. The molecule has 5 rings (SSSR count). The van der Waals surface area contributed by atoms with Crippen LogP contribution >= 0.6 is 0 Å². The Labute approximate surface area is 172 Å². The monoisotopic (exact) mass is 399 g/mol. The Morgan fingerprint density at radius 3 is 2.77 bits per heavy atom. The van der Waals surface area contributed by atoms with E-state index in [0.717, 1.165) is 11.5 Å². The number of nitrogens with one attached hydrogen (secondary N) is 2. The second-order valence-corrected chi connectivity index (χ2v) is 6.94. The smallest absolute Gasteiger partial charge is 0.182 e. The van der Waals surface area contributed by atoms with Gasteiger partial charge < -0.3 is 10.3 Å². The number of anilines is 2. The molecule has 7 nitrogen and oxygen atoms in total. The van der Waals surface area contributed by atoms with E-state index in [1.54, 1.807) is 12.4 Å². The molecule has 3 heterocycles. The lowest BCUT2D eigenvalue weighted by Crippen LogP contribution is -2.42. The van der Waals surface area contributed by atoms with E-state index < -0.39 is 0 Å². The highest BCUT2D eigenvalue weighted by atomic mass is 19.1. The number of fused-ring (bicyclic) bond motifs is 2. The minimum Gasteiger partial charge on any atom is -0.358 e. The van der Waals surface area contributed by atoms with Crippen molar-refractivity contribution in [3.05, 3.63) is 79.1 Å². The van der Waals surface area contributed by atoms with Gasteiger partial charge in [0.05, 0.1) is 18.1 Å². The minimum atomic E-state index is -0.324. The lowest BCUT2D eigenvalue weighted by molar-refractivity contribution is 0.627. The van der Waals surface area contributed by atoms with Crippen LogP contribution in [-0.2, 0) is 0 Å². The summed E-state index contributed by atoms with van der Waals surface area (Å²) in [7, 11) is 0. The maximum absolute atomic E-state index is 13.9. The molecular formula is C22H18FN7. The predicted molar refractivity (Wildman–Crippen MR) is 116 cm³/mol. The standard InChI is InChI=1S/C22H18FN7/c1-13(28-21-19-20(25-11-24-19)26-12-27-21)22-29-18-9-8-15(23)10-17(18)14(2)30(22)16-6-4-3-5-7-16/h3-13H,2H2,1H3,(H2,24,25,26,27,28)/t13-/m0/s1. The van der Waals surface area contributed by atoms with Crippen LogP contribution in [-0.4, -0.2) is 31.8 Å². The molecule has 0 fully saturated rings. The Morgan fingerprint density at radius 2 is 1.93 bits per heavy atom. The normalized spacial score (nSPS) is 14.4. The van der Waals surface area contributed by atoms with Crippen LogP contribution in [0.4, 0.5) is 21.6 Å². The Bertz CT molecular complexity index is 1280. The number of rotatable bonds is 4. The summed E-state index contributed by atoms with van der Waals surface area (Å²) in [6.45, 7) is 6.23. The number of imidazole rings is 1. The van der Waals surface area contributed by atoms with Gasteiger partial charge in [-0.05, 0) is 37.3 Å². The lowest BCUT2D eigenvalue weighted by Gasteiger charge is -2.35. The molecule has 148 valence electrons. The maximum Gasteiger partial charge on any atom is 0.182 e. The van der Waals surface area contributed by atoms with Crippen molar-refractivity contribution in [2.75, 3.05) is 10.2 Å². The number of amidine groups is 1. The van der Waals surface area contributed by atoms with Crippen molar-refractivity contribution in [3.63, 3.8) is 0 Å². The van der Waals surface area contributed by atoms with Gasteiger partial charge in [0.15, 0.2) is 11.5 Å². The summed E-state index contributed by atoms with van der Waals surface area (Å²) >= 11 is 0. The second-order valence-electron chi connectivity index (χ2n) is 6.94. The van der Waals surface area contributed by atoms with E-state index in [1.807, 2.05) is 42.2 Å². The number of aromatic nitrogens is 4. The van der Waals surface area contributed by atoms with Crippen molar-refractivity contribution in [2.24, 2.45) is 4.99 Å². The number of aromatic amines is 1. The van der Waals surface area contributed by atoms with Gasteiger partial charge in [-0.3, -0.25) is 4.90 Å². The third kappa shape index (κ3) is 2.98. The van der Waals surface area contributed by atoms with Gasteiger partial charge >= 0.3 is 0 Å². The Kier molecular flexibility index (Phi) is 4.24. The third-order valence-corrected chi connectivity index (χ3v) is 4.98. The van der Waals surface area contributed by atoms with Crippen LogP contribution in [0, 0.1) is 5.82 Å². The number of nitrogens with zero attached hydrogens (tertiary/aromatic N) is 5. The van der Waals surface area contributed by atoms with E-state index in [0.29, 0.717) is 33.9 Å². The van der Waals surface area contributed by atoms with E-state index in [1.165, 1.54) is 18.5 Å². The van der Waals surface area contributed by atoms with E-state index in [-0.39, 0.29) is 11.9 Å². The van der Waals surface area contributed by atoms with Crippen LogP contribution in [0.15, 0.2) is 72.8 Å². The van der Waals surface area contributed by atoms with Gasteiger partial charge in [0, 0.05) is 16.9 Å². The van der Waals surface area contributed by atoms with Crippen LogP contribution in [0.2, 0.25) is 0 Å². The lowest BCUT2D eigenvalue weighted by atomic mass is 10.0. The molecule has 0 unspecified atom stereocenters. The van der Waals surface area contributed by atoms with Gasteiger partial charge in [-0.15, -0.1) is 0 Å². The number of halogens is 1. The van der Waals surface area contributed by atoms with Crippen molar-refractivity contribution >= 4 is 39.9 Å². The van der Waals surface area contributed by atoms with Gasteiger partial charge in [-0.1, -0.05) is 24.8 Å². The van der Waals surface area contributed by atoms with Crippen molar-refractivity contribution < 1.29 is 4.39 Å². The maximum atomic E-state index is 13.9. The molecule has 0 radical (unpaired) electrons. The molecule has 1 aliphatic rings. The summed E-state index contributed by atoms with van der Waals surface area (Å²) < 4.78 is 13.9. The van der Waals surface area contributed by atoms with Crippen molar-refractivity contribution in [3.8, 4) is 0 Å². The summed E-state index contributed by atoms with van der Waals surface area (Å²) in [5.41, 5.74) is 4.17. The van der Waals surface area contributed by atoms with Crippen LogP contribution in [0.5, 0.6) is 0 Å². The second kappa shape index (κ2) is 7.07. The summed E-state index contributed by atoms with van der Waals surface area (Å²) in [6, 6.07) is 14.1. The molecule has 2 aromatic carbocycles. The molecule has 0 spiro atoms. The number of benzene rings is 2. The quantitative estimate of drug-likeness (QED) is 0.528. The molecule has 1 aliphatic heterocycles. The van der Waals surface area contributed by atoms with E-state index in [2.05, 4.69) is 31.8 Å². The van der Waals surface area contributed by atoms with Gasteiger partial charge in [0.25, 0.3) is 0 Å². The topological polar surface area (TPSA) is 82.1 Å². The van der Waals surface area contributed by atoms with Gasteiger partial charge in [0.2, 0.25) is 0 Å². The van der Waals surface area contributed by atoms with Crippen molar-refractivity contribution in [1.82, 2.24) is 19.9 Å². The average molecular weight is 399 g/mol. The highest BCUT2D eigenvalue weighted by Crippen LogP contribution is 2.37. The zero-order chi connectivity index (χ0) is 20.7. The molecule has 2 aromatic heterocycles. The number of para-hydroxylation sites is 1. The first-order chi connectivity index (χ1) is 14.6. The molecule has 0 amide bonds. The molecule has 0 bridgehead atoms. The van der Waals surface area contributed by atoms with Crippen LogP contribution in [0.3, 0.4) is 0 Å². The Balaban J connectivity index is 1.60. The van der Waals surface area contributed by atoms with Crippen molar-refractivity contribution in [1.29, 1.82) is 0 Å². The molecular weight excluding hydrogens is 381 g/mol. The van der Waals surface area contributed by atoms with Gasteiger partial charge in [0.1, 0.15) is 23.5 Å². The number of hydrogen-bond acceptors (Lipinski definition) is 6. The predicted octanol–water partition coefficient (Wildman–Crippen LogP) is 4.51. The highest BCUT2D eigenvalue weighted by Gasteiger charge is 2.29. The zero-order valence-electron chi connectivity index (χ0n) is 16.2. The molecule has 0 aliphatic carbocycles. The number of aliphatic imine (C=N–C) groups is 1. The molecule has 2 N–H and O–H groups in total. The molecule has 0 saturated carbocycles. The van der Waals surface area contributed by atoms with E-state index in [9.17, 15) is 4.39 Å². The Morgan fingerprint density at radius 1 is 1.10 bits per heavy atom. The van der Waals surface area contributed by atoms with Gasteiger partial charge in [-0.2, -0.15) is 0 Å². The fourth-order valence-electron chi connectivity index (χ4n) is 3.57. The minimum absolute atomic E-state index is 0.249. The van der Waals surface area contributed by atoms with E-state index in [4.69, 9.17) is 4.99 Å². The first-order valence-electron chi connectivity index (χ1n) is 9.45. The van der Waals surface area contributed by atoms with Crippen LogP contribution in [0.25, 0.3) is 16.9 Å². The fraction of sp³-hybridized carbons (Fsp3) is 0.0909.